The lowest BCUT2D eigenvalue weighted by molar-refractivity contribution is 0.181. The molecule has 0 aromatic heterocycles. The molecule has 0 bridgehead atoms. The highest BCUT2D eigenvalue weighted by Gasteiger charge is 2.17. The fourth-order valence-corrected chi connectivity index (χ4v) is 2.64. The van der Waals surface area contributed by atoms with E-state index in [4.69, 9.17) is 4.74 Å². The average molecular weight is 274 g/mol. The molecule has 0 radical (unpaired) electrons. The Hall–Kier alpha value is -1.32. The van der Waals surface area contributed by atoms with Gasteiger partial charge in [0.1, 0.15) is 12.4 Å². The van der Waals surface area contributed by atoms with Crippen molar-refractivity contribution in [2.24, 2.45) is 0 Å². The predicted molar refractivity (Wildman–Crippen MR) is 84.1 cm³/mol. The van der Waals surface area contributed by atoms with Crippen molar-refractivity contribution in [2.45, 2.75) is 31.8 Å². The van der Waals surface area contributed by atoms with Gasteiger partial charge in [-0.2, -0.15) is 0 Å². The topological polar surface area (TPSA) is 24.5 Å². The summed E-state index contributed by atoms with van der Waals surface area (Å²) in [7, 11) is 2.23. The van der Waals surface area contributed by atoms with Crippen LogP contribution in [-0.2, 0) is 6.54 Å². The Labute approximate surface area is 122 Å². The number of nitrogens with zero attached hydrogens (tertiary/aromatic N) is 1. The van der Waals surface area contributed by atoms with Crippen LogP contribution >= 0.6 is 0 Å². The molecule has 3 nitrogen and oxygen atoms in total. The molecule has 1 N–H and O–H groups in total. The molecular weight excluding hydrogens is 248 g/mol. The lowest BCUT2D eigenvalue weighted by Gasteiger charge is -2.32. The Morgan fingerprint density at radius 3 is 2.85 bits per heavy atom. The first-order valence-electron chi connectivity index (χ1n) is 7.53. The normalized spacial score (nSPS) is 19.8. The minimum atomic E-state index is 0.561. The number of ether oxygens (including phenoxy) is 1. The summed E-state index contributed by atoms with van der Waals surface area (Å²) in [5.41, 5.74) is 1.30. The monoisotopic (exact) mass is 274 g/mol. The summed E-state index contributed by atoms with van der Waals surface area (Å²) in [5, 5.41) is 3.57. The van der Waals surface area contributed by atoms with Crippen LogP contribution in [-0.4, -0.2) is 37.7 Å². The molecule has 1 saturated heterocycles. The van der Waals surface area contributed by atoms with Gasteiger partial charge in [0.05, 0.1) is 0 Å². The van der Waals surface area contributed by atoms with Crippen LogP contribution in [0.5, 0.6) is 5.75 Å². The highest BCUT2D eigenvalue weighted by atomic mass is 16.5. The first-order chi connectivity index (χ1) is 9.79. The van der Waals surface area contributed by atoms with Gasteiger partial charge in [0, 0.05) is 19.1 Å². The van der Waals surface area contributed by atoms with Crippen molar-refractivity contribution < 1.29 is 4.74 Å². The molecule has 0 amide bonds. The molecule has 0 saturated carbocycles. The number of benzene rings is 1. The second kappa shape index (κ2) is 8.08. The van der Waals surface area contributed by atoms with Crippen molar-refractivity contribution in [3.63, 3.8) is 0 Å². The van der Waals surface area contributed by atoms with E-state index in [0.717, 1.165) is 18.8 Å². The van der Waals surface area contributed by atoms with E-state index < -0.39 is 0 Å². The molecule has 1 aliphatic rings. The first-order valence-corrected chi connectivity index (χ1v) is 7.53. The summed E-state index contributed by atoms with van der Waals surface area (Å²) in [4.78, 5) is 2.47. The molecule has 3 heteroatoms. The van der Waals surface area contributed by atoms with E-state index in [9.17, 15) is 0 Å². The molecule has 110 valence electrons. The summed E-state index contributed by atoms with van der Waals surface area (Å²) >= 11 is 0. The van der Waals surface area contributed by atoms with Crippen molar-refractivity contribution in [1.82, 2.24) is 10.2 Å². The maximum atomic E-state index is 5.48. The van der Waals surface area contributed by atoms with Crippen molar-refractivity contribution in [3.05, 3.63) is 42.5 Å². The summed E-state index contributed by atoms with van der Waals surface area (Å²) < 4.78 is 5.48. The Balaban J connectivity index is 1.72. The quantitative estimate of drug-likeness (QED) is 0.774. The molecule has 1 aliphatic heterocycles. The zero-order chi connectivity index (χ0) is 14.2. The van der Waals surface area contributed by atoms with E-state index in [2.05, 4.69) is 36.0 Å². The standard InChI is InChI=1S/C17H26N2O/c1-3-12-20-17-9-7-15(8-10-17)13-18-14-16-6-4-5-11-19(16)2/h3,7-10,16,18H,1,4-6,11-14H2,2H3. The molecule has 2 rings (SSSR count). The van der Waals surface area contributed by atoms with E-state index in [0.29, 0.717) is 12.6 Å². The van der Waals surface area contributed by atoms with Crippen LogP contribution in [0.1, 0.15) is 24.8 Å². The van der Waals surface area contributed by atoms with Gasteiger partial charge in [0.15, 0.2) is 0 Å². The third kappa shape index (κ3) is 4.66. The van der Waals surface area contributed by atoms with Gasteiger partial charge in [-0.15, -0.1) is 0 Å². The van der Waals surface area contributed by atoms with Gasteiger partial charge in [-0.3, -0.25) is 0 Å². The molecule has 1 atom stereocenters. The highest BCUT2D eigenvalue weighted by Crippen LogP contribution is 2.15. The van der Waals surface area contributed by atoms with Crippen molar-refractivity contribution in [3.8, 4) is 5.75 Å². The van der Waals surface area contributed by atoms with Crippen LogP contribution in [0.3, 0.4) is 0 Å². The summed E-state index contributed by atoms with van der Waals surface area (Å²) in [5.74, 6) is 0.903. The summed E-state index contributed by atoms with van der Waals surface area (Å²) in [6, 6.07) is 8.98. The van der Waals surface area contributed by atoms with Crippen LogP contribution in [0, 0.1) is 0 Å². The van der Waals surface area contributed by atoms with Crippen LogP contribution in [0.2, 0.25) is 0 Å². The Kier molecular flexibility index (Phi) is 6.09. The van der Waals surface area contributed by atoms with Gasteiger partial charge in [0.25, 0.3) is 0 Å². The summed E-state index contributed by atoms with van der Waals surface area (Å²) in [6.45, 7) is 7.44. The van der Waals surface area contributed by atoms with Crippen molar-refractivity contribution in [1.29, 1.82) is 0 Å². The zero-order valence-electron chi connectivity index (χ0n) is 12.5. The van der Waals surface area contributed by atoms with E-state index in [1.807, 2.05) is 12.1 Å². The van der Waals surface area contributed by atoms with E-state index in [-0.39, 0.29) is 0 Å². The molecule has 1 heterocycles. The largest absolute Gasteiger partial charge is 0.490 e. The smallest absolute Gasteiger partial charge is 0.119 e. The van der Waals surface area contributed by atoms with E-state index in [1.165, 1.54) is 31.4 Å². The van der Waals surface area contributed by atoms with Crippen LogP contribution in [0.4, 0.5) is 0 Å². The molecule has 1 aromatic rings. The number of likely N-dealkylation sites (N-methyl/N-ethyl adjacent to an activating group) is 1. The zero-order valence-corrected chi connectivity index (χ0v) is 12.5. The molecule has 20 heavy (non-hydrogen) atoms. The molecule has 0 aliphatic carbocycles. The Bertz CT molecular complexity index is 402. The van der Waals surface area contributed by atoms with Gasteiger partial charge in [0.2, 0.25) is 0 Å². The average Bonchev–Trinajstić information content (AvgIpc) is 2.48. The number of hydrogen-bond donors (Lipinski definition) is 1. The molecule has 1 fully saturated rings. The minimum absolute atomic E-state index is 0.561. The minimum Gasteiger partial charge on any atom is -0.490 e. The lowest BCUT2D eigenvalue weighted by Crippen LogP contribution is -2.42. The number of rotatable bonds is 7. The lowest BCUT2D eigenvalue weighted by atomic mass is 10.0. The van der Waals surface area contributed by atoms with Gasteiger partial charge in [-0.25, -0.2) is 0 Å². The third-order valence-corrected chi connectivity index (χ3v) is 3.92. The summed E-state index contributed by atoms with van der Waals surface area (Å²) in [6.07, 6.45) is 5.79. The van der Waals surface area contributed by atoms with Gasteiger partial charge in [-0.05, 0) is 44.1 Å². The maximum absolute atomic E-state index is 5.48. The number of nitrogens with one attached hydrogen (secondary N) is 1. The molecule has 1 unspecified atom stereocenters. The number of piperidine rings is 1. The predicted octanol–water partition coefficient (Wildman–Crippen LogP) is 2.83. The van der Waals surface area contributed by atoms with Crippen LogP contribution < -0.4 is 10.1 Å². The van der Waals surface area contributed by atoms with Crippen LogP contribution in [0.15, 0.2) is 36.9 Å². The second-order valence-corrected chi connectivity index (χ2v) is 5.50. The molecular formula is C17H26N2O. The van der Waals surface area contributed by atoms with Crippen molar-refractivity contribution >= 4 is 0 Å². The second-order valence-electron chi connectivity index (χ2n) is 5.50. The number of hydrogen-bond acceptors (Lipinski definition) is 3. The third-order valence-electron chi connectivity index (χ3n) is 3.92. The van der Waals surface area contributed by atoms with Gasteiger partial charge >= 0.3 is 0 Å². The highest BCUT2D eigenvalue weighted by molar-refractivity contribution is 5.27. The van der Waals surface area contributed by atoms with Crippen molar-refractivity contribution in [2.75, 3.05) is 26.7 Å². The maximum Gasteiger partial charge on any atom is 0.119 e. The molecule has 0 spiro atoms. The van der Waals surface area contributed by atoms with Crippen LogP contribution in [0.25, 0.3) is 0 Å². The van der Waals surface area contributed by atoms with Gasteiger partial charge in [-0.1, -0.05) is 31.2 Å². The van der Waals surface area contributed by atoms with E-state index >= 15 is 0 Å². The SMILES string of the molecule is C=CCOc1ccc(CNCC2CCCCN2C)cc1. The molecule has 1 aromatic carbocycles. The number of likely N-dealkylation sites (tertiary alicyclic amines) is 1. The fourth-order valence-electron chi connectivity index (χ4n) is 2.64. The fraction of sp³-hybridized carbons (Fsp3) is 0.529. The van der Waals surface area contributed by atoms with E-state index in [1.54, 1.807) is 6.08 Å². The Morgan fingerprint density at radius 1 is 1.35 bits per heavy atom. The van der Waals surface area contributed by atoms with Gasteiger partial charge < -0.3 is 15.0 Å². The first kappa shape index (κ1) is 15.1. The Morgan fingerprint density at radius 2 is 2.15 bits per heavy atom.